The lowest BCUT2D eigenvalue weighted by molar-refractivity contribution is 0.312. The Labute approximate surface area is 129 Å². The molecule has 0 spiro atoms. The van der Waals surface area contributed by atoms with Gasteiger partial charge < -0.3 is 4.74 Å². The zero-order valence-electron chi connectivity index (χ0n) is 12.3. The number of epoxide rings is 1. The average Bonchev–Trinajstić information content (AvgIpc) is 3.33. The maximum atomic E-state index is 5.84. The second-order valence-electron chi connectivity index (χ2n) is 6.24. The van der Waals surface area contributed by atoms with Crippen molar-refractivity contribution in [2.75, 3.05) is 6.61 Å². The fourth-order valence-corrected chi connectivity index (χ4v) is 3.84. The highest BCUT2D eigenvalue weighted by atomic mass is 16.6. The van der Waals surface area contributed by atoms with Gasteiger partial charge in [0.15, 0.2) is 0 Å². The Balaban J connectivity index is 1.96. The fourth-order valence-electron chi connectivity index (χ4n) is 3.84. The molecule has 4 aromatic rings. The summed E-state index contributed by atoms with van der Waals surface area (Å²) >= 11 is 0. The summed E-state index contributed by atoms with van der Waals surface area (Å²) in [6, 6.07) is 19.9. The monoisotopic (exact) mass is 284 g/mol. The van der Waals surface area contributed by atoms with Gasteiger partial charge in [-0.25, -0.2) is 0 Å². The van der Waals surface area contributed by atoms with E-state index in [1.54, 1.807) is 0 Å². The van der Waals surface area contributed by atoms with Crippen molar-refractivity contribution >= 4 is 32.3 Å². The van der Waals surface area contributed by atoms with Gasteiger partial charge in [0.1, 0.15) is 5.60 Å². The Hall–Kier alpha value is -2.38. The van der Waals surface area contributed by atoms with Crippen molar-refractivity contribution in [2.45, 2.75) is 12.0 Å². The number of hydrogen-bond donors (Lipinski definition) is 0. The van der Waals surface area contributed by atoms with Crippen molar-refractivity contribution in [3.8, 4) is 0 Å². The highest BCUT2D eigenvalue weighted by Crippen LogP contribution is 2.47. The molecule has 0 amide bonds. The standard InChI is InChI=1S/C21H16O/c1-2-12-21(13-22-21)18-11-9-16-7-6-14-4-3-5-15-8-10-17(18)20(16)19(14)15/h2-11H,1,12-13H2. The van der Waals surface area contributed by atoms with E-state index >= 15 is 0 Å². The molecule has 4 aromatic carbocycles. The third-order valence-electron chi connectivity index (χ3n) is 4.99. The maximum absolute atomic E-state index is 5.84. The van der Waals surface area contributed by atoms with Crippen LogP contribution >= 0.6 is 0 Å². The number of benzene rings is 4. The summed E-state index contributed by atoms with van der Waals surface area (Å²) in [6.45, 7) is 4.69. The van der Waals surface area contributed by atoms with Crippen molar-refractivity contribution in [1.82, 2.24) is 0 Å². The molecule has 0 bridgehead atoms. The summed E-state index contributed by atoms with van der Waals surface area (Å²) in [5.74, 6) is 0. The second-order valence-corrected chi connectivity index (χ2v) is 6.24. The van der Waals surface area contributed by atoms with Gasteiger partial charge in [0.25, 0.3) is 0 Å². The second kappa shape index (κ2) is 4.08. The molecule has 0 N–H and O–H groups in total. The van der Waals surface area contributed by atoms with Gasteiger partial charge in [0.05, 0.1) is 6.61 Å². The van der Waals surface area contributed by atoms with E-state index in [-0.39, 0.29) is 5.60 Å². The van der Waals surface area contributed by atoms with Crippen molar-refractivity contribution in [2.24, 2.45) is 0 Å². The number of rotatable bonds is 3. The Morgan fingerprint density at radius 2 is 1.55 bits per heavy atom. The molecule has 1 atom stereocenters. The van der Waals surface area contributed by atoms with E-state index in [1.807, 2.05) is 6.08 Å². The van der Waals surface area contributed by atoms with Crippen LogP contribution in [0, 0.1) is 0 Å². The van der Waals surface area contributed by atoms with E-state index < -0.39 is 0 Å². The van der Waals surface area contributed by atoms with Gasteiger partial charge in [-0.15, -0.1) is 6.58 Å². The lowest BCUT2D eigenvalue weighted by Gasteiger charge is -2.17. The molecule has 1 aliphatic heterocycles. The van der Waals surface area contributed by atoms with Gasteiger partial charge in [-0.05, 0) is 37.9 Å². The van der Waals surface area contributed by atoms with Crippen LogP contribution in [0.3, 0.4) is 0 Å². The molecule has 106 valence electrons. The molecule has 1 heterocycles. The minimum absolute atomic E-state index is 0.149. The van der Waals surface area contributed by atoms with Gasteiger partial charge in [-0.3, -0.25) is 0 Å². The summed E-state index contributed by atoms with van der Waals surface area (Å²) in [4.78, 5) is 0. The largest absolute Gasteiger partial charge is 0.364 e. The van der Waals surface area contributed by atoms with Gasteiger partial charge in [0.2, 0.25) is 0 Å². The van der Waals surface area contributed by atoms with Gasteiger partial charge in [-0.2, -0.15) is 0 Å². The van der Waals surface area contributed by atoms with E-state index in [1.165, 1.54) is 37.9 Å². The van der Waals surface area contributed by atoms with E-state index in [2.05, 4.69) is 61.2 Å². The van der Waals surface area contributed by atoms with Crippen LogP contribution in [0.15, 0.2) is 67.3 Å². The molecule has 0 aliphatic carbocycles. The smallest absolute Gasteiger partial charge is 0.121 e. The van der Waals surface area contributed by atoms with Crippen LogP contribution in [-0.2, 0) is 10.3 Å². The molecule has 0 aromatic heterocycles. The number of hydrogen-bond acceptors (Lipinski definition) is 1. The van der Waals surface area contributed by atoms with Crippen molar-refractivity contribution in [3.05, 3.63) is 72.8 Å². The molecule has 1 saturated heterocycles. The molecule has 22 heavy (non-hydrogen) atoms. The van der Waals surface area contributed by atoms with Crippen LogP contribution in [0.1, 0.15) is 12.0 Å². The molecule has 1 heteroatoms. The minimum atomic E-state index is -0.149. The van der Waals surface area contributed by atoms with Crippen LogP contribution in [0.4, 0.5) is 0 Å². The summed E-state index contributed by atoms with van der Waals surface area (Å²) in [5, 5.41) is 7.98. The van der Waals surface area contributed by atoms with Gasteiger partial charge >= 0.3 is 0 Å². The van der Waals surface area contributed by atoms with Crippen molar-refractivity contribution < 1.29 is 4.74 Å². The molecule has 0 saturated carbocycles. The quantitative estimate of drug-likeness (QED) is 0.279. The topological polar surface area (TPSA) is 12.5 Å². The third kappa shape index (κ3) is 1.47. The van der Waals surface area contributed by atoms with Crippen LogP contribution in [0.5, 0.6) is 0 Å². The fraction of sp³-hybridized carbons (Fsp3) is 0.143. The first kappa shape index (κ1) is 12.2. The first-order valence-corrected chi connectivity index (χ1v) is 7.74. The summed E-state index contributed by atoms with van der Waals surface area (Å²) in [7, 11) is 0. The SMILES string of the molecule is C=CCC1(c2ccc3ccc4cccc5ccc2c3c45)CO1. The molecule has 0 radical (unpaired) electrons. The Morgan fingerprint density at radius 1 is 0.909 bits per heavy atom. The van der Waals surface area contributed by atoms with E-state index in [4.69, 9.17) is 4.74 Å². The Kier molecular flexibility index (Phi) is 2.26. The highest BCUT2D eigenvalue weighted by molar-refractivity contribution is 6.23. The molecule has 1 fully saturated rings. The first-order chi connectivity index (χ1) is 10.8. The van der Waals surface area contributed by atoms with Crippen LogP contribution < -0.4 is 0 Å². The van der Waals surface area contributed by atoms with E-state index in [0.717, 1.165) is 13.0 Å². The van der Waals surface area contributed by atoms with E-state index in [0.29, 0.717) is 0 Å². The Morgan fingerprint density at radius 3 is 2.23 bits per heavy atom. The highest BCUT2D eigenvalue weighted by Gasteiger charge is 2.46. The summed E-state index contributed by atoms with van der Waals surface area (Å²) < 4.78 is 5.84. The molecule has 1 nitrogen and oxygen atoms in total. The summed E-state index contributed by atoms with van der Waals surface area (Å²) in [5.41, 5.74) is 1.16. The minimum Gasteiger partial charge on any atom is -0.364 e. The van der Waals surface area contributed by atoms with Gasteiger partial charge in [-0.1, -0.05) is 60.7 Å². The molecule has 5 rings (SSSR count). The predicted molar refractivity (Wildman–Crippen MR) is 92.6 cm³/mol. The molecular formula is C21H16O. The lowest BCUT2D eigenvalue weighted by atomic mass is 9.86. The first-order valence-electron chi connectivity index (χ1n) is 7.74. The van der Waals surface area contributed by atoms with Crippen LogP contribution in [-0.4, -0.2) is 6.61 Å². The predicted octanol–water partition coefficient (Wildman–Crippen LogP) is 5.39. The molecular weight excluding hydrogens is 268 g/mol. The Bertz CT molecular complexity index is 1010. The molecule has 1 aliphatic rings. The van der Waals surface area contributed by atoms with Gasteiger partial charge in [0, 0.05) is 6.42 Å². The maximum Gasteiger partial charge on any atom is 0.121 e. The number of ether oxygens (including phenoxy) is 1. The normalized spacial score (nSPS) is 20.9. The summed E-state index contributed by atoms with van der Waals surface area (Å²) in [6.07, 6.45) is 2.84. The van der Waals surface area contributed by atoms with Crippen LogP contribution in [0.25, 0.3) is 32.3 Å². The molecule has 1 unspecified atom stereocenters. The third-order valence-corrected chi connectivity index (χ3v) is 4.99. The van der Waals surface area contributed by atoms with Crippen molar-refractivity contribution in [1.29, 1.82) is 0 Å². The lowest BCUT2D eigenvalue weighted by Crippen LogP contribution is -2.08. The average molecular weight is 284 g/mol. The van der Waals surface area contributed by atoms with Crippen LogP contribution in [0.2, 0.25) is 0 Å². The van der Waals surface area contributed by atoms with Crippen molar-refractivity contribution in [3.63, 3.8) is 0 Å². The zero-order chi connectivity index (χ0) is 14.7. The zero-order valence-corrected chi connectivity index (χ0v) is 12.3. The van der Waals surface area contributed by atoms with E-state index in [9.17, 15) is 0 Å².